The summed E-state index contributed by atoms with van der Waals surface area (Å²) in [4.78, 5) is 21.5. The zero-order valence-corrected chi connectivity index (χ0v) is 16.3. The maximum Gasteiger partial charge on any atom is 0.225 e. The van der Waals surface area contributed by atoms with Gasteiger partial charge in [-0.15, -0.1) is 0 Å². The van der Waals surface area contributed by atoms with Crippen LogP contribution in [0.15, 0.2) is 34.9 Å². The highest BCUT2D eigenvalue weighted by atomic mass is 35.5. The van der Waals surface area contributed by atoms with E-state index in [2.05, 4.69) is 14.8 Å². The molecule has 2 aliphatic heterocycles. The average Bonchev–Trinajstić information content (AvgIpc) is 3.17. The van der Waals surface area contributed by atoms with Crippen LogP contribution >= 0.6 is 11.6 Å². The number of nitrogens with zero attached hydrogens (tertiary/aromatic N) is 3. The molecule has 1 aromatic carbocycles. The van der Waals surface area contributed by atoms with Crippen LogP contribution in [0.3, 0.4) is 0 Å². The summed E-state index contributed by atoms with van der Waals surface area (Å²) in [5.41, 5.74) is 0.937. The van der Waals surface area contributed by atoms with Crippen molar-refractivity contribution in [3.05, 3.63) is 41.4 Å². The highest BCUT2D eigenvalue weighted by Gasteiger charge is 2.29. The van der Waals surface area contributed by atoms with Gasteiger partial charge in [-0.3, -0.25) is 9.69 Å². The third-order valence-corrected chi connectivity index (χ3v) is 5.86. The first-order valence-electron chi connectivity index (χ1n) is 9.91. The van der Waals surface area contributed by atoms with Crippen molar-refractivity contribution in [3.63, 3.8) is 0 Å². The van der Waals surface area contributed by atoms with Gasteiger partial charge in [0.1, 0.15) is 0 Å². The third-order valence-electron chi connectivity index (χ3n) is 5.63. The molecule has 5 nitrogen and oxygen atoms in total. The number of halogens is 1. The van der Waals surface area contributed by atoms with Crippen molar-refractivity contribution in [2.45, 2.75) is 38.6 Å². The van der Waals surface area contributed by atoms with Gasteiger partial charge in [-0.25, -0.2) is 4.98 Å². The molecule has 2 fully saturated rings. The number of benzene rings is 1. The Morgan fingerprint density at radius 2 is 1.93 bits per heavy atom. The van der Waals surface area contributed by atoms with Gasteiger partial charge < -0.3 is 9.32 Å². The molecule has 6 heteroatoms. The van der Waals surface area contributed by atoms with Crippen LogP contribution in [0.4, 0.5) is 0 Å². The Bertz CT molecular complexity index is 777. The van der Waals surface area contributed by atoms with Crippen LogP contribution in [0.5, 0.6) is 0 Å². The van der Waals surface area contributed by atoms with Crippen LogP contribution in [-0.4, -0.2) is 46.9 Å². The molecule has 0 aliphatic carbocycles. The molecule has 3 heterocycles. The number of hydrogen-bond acceptors (Lipinski definition) is 4. The van der Waals surface area contributed by atoms with Gasteiger partial charge in [-0.05, 0) is 57.3 Å². The number of aromatic nitrogens is 1. The molecule has 2 aromatic rings. The first-order valence-corrected chi connectivity index (χ1v) is 10.3. The number of amides is 1. The number of carbonyl (C=O) groups is 1. The van der Waals surface area contributed by atoms with Crippen molar-refractivity contribution in [1.82, 2.24) is 14.8 Å². The monoisotopic (exact) mass is 387 g/mol. The maximum atomic E-state index is 12.7. The molecular formula is C21H26ClN3O2. The largest absolute Gasteiger partial charge is 0.439 e. The SMILES string of the molecule is O=C(C1CCN(Cc2ncc(-c3cccc(Cl)c3)o2)CC1)N1CCCCC1. The van der Waals surface area contributed by atoms with E-state index in [1.807, 2.05) is 24.3 Å². The van der Waals surface area contributed by atoms with E-state index < -0.39 is 0 Å². The number of rotatable bonds is 4. The Balaban J connectivity index is 1.30. The summed E-state index contributed by atoms with van der Waals surface area (Å²) in [6, 6.07) is 7.60. The molecule has 1 amide bonds. The fraction of sp³-hybridized carbons (Fsp3) is 0.524. The van der Waals surface area contributed by atoms with E-state index in [0.717, 1.165) is 63.2 Å². The van der Waals surface area contributed by atoms with Crippen molar-refractivity contribution < 1.29 is 9.21 Å². The van der Waals surface area contributed by atoms with Gasteiger partial charge in [0, 0.05) is 29.6 Å². The van der Waals surface area contributed by atoms with E-state index in [4.69, 9.17) is 16.0 Å². The van der Waals surface area contributed by atoms with E-state index in [1.165, 1.54) is 6.42 Å². The van der Waals surface area contributed by atoms with Gasteiger partial charge in [-0.1, -0.05) is 23.7 Å². The van der Waals surface area contributed by atoms with Gasteiger partial charge in [-0.2, -0.15) is 0 Å². The quantitative estimate of drug-likeness (QED) is 0.788. The minimum atomic E-state index is 0.186. The Labute approximate surface area is 165 Å². The molecule has 144 valence electrons. The molecular weight excluding hydrogens is 362 g/mol. The van der Waals surface area contributed by atoms with E-state index >= 15 is 0 Å². The number of oxazole rings is 1. The number of likely N-dealkylation sites (tertiary alicyclic amines) is 2. The zero-order chi connectivity index (χ0) is 18.6. The van der Waals surface area contributed by atoms with Crippen LogP contribution in [0.2, 0.25) is 5.02 Å². The van der Waals surface area contributed by atoms with E-state index in [-0.39, 0.29) is 5.92 Å². The molecule has 4 rings (SSSR count). The topological polar surface area (TPSA) is 49.6 Å². The lowest BCUT2D eigenvalue weighted by Crippen LogP contribution is -2.44. The first-order chi connectivity index (χ1) is 13.2. The number of hydrogen-bond donors (Lipinski definition) is 0. The van der Waals surface area contributed by atoms with Gasteiger partial charge >= 0.3 is 0 Å². The van der Waals surface area contributed by atoms with Crippen molar-refractivity contribution in [3.8, 4) is 11.3 Å². The van der Waals surface area contributed by atoms with Gasteiger partial charge in [0.2, 0.25) is 11.8 Å². The van der Waals surface area contributed by atoms with Crippen molar-refractivity contribution in [1.29, 1.82) is 0 Å². The molecule has 0 bridgehead atoms. The second-order valence-electron chi connectivity index (χ2n) is 7.56. The van der Waals surface area contributed by atoms with Crippen LogP contribution in [0.25, 0.3) is 11.3 Å². The number of piperidine rings is 2. The second-order valence-corrected chi connectivity index (χ2v) is 8.00. The van der Waals surface area contributed by atoms with Crippen molar-refractivity contribution in [2.75, 3.05) is 26.2 Å². The predicted molar refractivity (Wildman–Crippen MR) is 105 cm³/mol. The second kappa shape index (κ2) is 8.44. The minimum absolute atomic E-state index is 0.186. The van der Waals surface area contributed by atoms with Gasteiger partial charge in [0.15, 0.2) is 5.76 Å². The summed E-state index contributed by atoms with van der Waals surface area (Å²) in [5, 5.41) is 0.686. The van der Waals surface area contributed by atoms with E-state index in [9.17, 15) is 4.79 Å². The highest BCUT2D eigenvalue weighted by Crippen LogP contribution is 2.26. The number of carbonyl (C=O) groups excluding carboxylic acids is 1. The predicted octanol–water partition coefficient (Wildman–Crippen LogP) is 4.22. The molecule has 0 N–H and O–H groups in total. The smallest absolute Gasteiger partial charge is 0.225 e. The first kappa shape index (κ1) is 18.5. The Morgan fingerprint density at radius 1 is 1.15 bits per heavy atom. The van der Waals surface area contributed by atoms with Gasteiger partial charge in [0.25, 0.3) is 0 Å². The lowest BCUT2D eigenvalue weighted by Gasteiger charge is -2.35. The molecule has 27 heavy (non-hydrogen) atoms. The Kier molecular flexibility index (Phi) is 5.79. The zero-order valence-electron chi connectivity index (χ0n) is 15.6. The molecule has 2 saturated heterocycles. The summed E-state index contributed by atoms with van der Waals surface area (Å²) in [6.07, 6.45) is 7.19. The van der Waals surface area contributed by atoms with Crippen LogP contribution in [0, 0.1) is 5.92 Å². The Hall–Kier alpha value is -1.85. The Morgan fingerprint density at radius 3 is 2.67 bits per heavy atom. The van der Waals surface area contributed by atoms with E-state index in [1.54, 1.807) is 6.20 Å². The summed E-state index contributed by atoms with van der Waals surface area (Å²) in [5.74, 6) is 2.01. The molecule has 0 atom stereocenters. The molecule has 0 radical (unpaired) electrons. The minimum Gasteiger partial charge on any atom is -0.439 e. The normalized spacial score (nSPS) is 19.4. The molecule has 0 unspecified atom stereocenters. The standard InChI is InChI=1S/C21H26ClN3O2/c22-18-6-4-5-17(13-18)19-14-23-20(27-19)15-24-11-7-16(8-12-24)21(26)25-9-2-1-3-10-25/h4-6,13-14,16H,1-3,7-12,15H2. The fourth-order valence-electron chi connectivity index (χ4n) is 4.06. The molecule has 0 spiro atoms. The van der Waals surface area contributed by atoms with E-state index in [0.29, 0.717) is 23.4 Å². The van der Waals surface area contributed by atoms with Gasteiger partial charge in [0.05, 0.1) is 12.7 Å². The summed E-state index contributed by atoms with van der Waals surface area (Å²) < 4.78 is 5.91. The van der Waals surface area contributed by atoms with Crippen LogP contribution < -0.4 is 0 Å². The average molecular weight is 388 g/mol. The third kappa shape index (κ3) is 4.53. The maximum absolute atomic E-state index is 12.7. The highest BCUT2D eigenvalue weighted by molar-refractivity contribution is 6.30. The summed E-state index contributed by atoms with van der Waals surface area (Å²) >= 11 is 6.05. The van der Waals surface area contributed by atoms with Crippen molar-refractivity contribution in [2.24, 2.45) is 5.92 Å². The summed E-state index contributed by atoms with van der Waals surface area (Å²) in [6.45, 7) is 4.41. The lowest BCUT2D eigenvalue weighted by atomic mass is 9.94. The van der Waals surface area contributed by atoms with Crippen LogP contribution in [-0.2, 0) is 11.3 Å². The lowest BCUT2D eigenvalue weighted by molar-refractivity contribution is -0.138. The molecule has 0 saturated carbocycles. The molecule has 2 aliphatic rings. The van der Waals surface area contributed by atoms with Crippen molar-refractivity contribution >= 4 is 17.5 Å². The van der Waals surface area contributed by atoms with Crippen LogP contribution in [0.1, 0.15) is 38.0 Å². The summed E-state index contributed by atoms with van der Waals surface area (Å²) in [7, 11) is 0. The molecule has 1 aromatic heterocycles. The fourth-order valence-corrected chi connectivity index (χ4v) is 4.25.